The van der Waals surface area contributed by atoms with E-state index in [2.05, 4.69) is 10.5 Å². The van der Waals surface area contributed by atoms with E-state index in [1.165, 1.54) is 6.21 Å². The van der Waals surface area contributed by atoms with E-state index >= 15 is 0 Å². The second-order valence-corrected chi connectivity index (χ2v) is 3.93. The van der Waals surface area contributed by atoms with Crippen LogP contribution in [0, 0.1) is 0 Å². The molecule has 0 rings (SSSR count). The first-order valence-corrected chi connectivity index (χ1v) is 4.56. The molecule has 82 valence electrons. The quantitative estimate of drug-likeness (QED) is 0.416. The minimum atomic E-state index is -0.515. The van der Waals surface area contributed by atoms with Crippen LogP contribution in [-0.2, 0) is 4.74 Å². The monoisotopic (exact) mass is 202 g/mol. The summed E-state index contributed by atoms with van der Waals surface area (Å²) in [5.41, 5.74) is -0.515. The van der Waals surface area contributed by atoms with Crippen LogP contribution in [0.25, 0.3) is 0 Å². The van der Waals surface area contributed by atoms with Crippen molar-refractivity contribution in [1.82, 2.24) is 5.32 Å². The Bertz CT molecular complexity index is 209. The highest BCUT2D eigenvalue weighted by Gasteiger charge is 2.17. The molecule has 0 bridgehead atoms. The van der Waals surface area contributed by atoms with E-state index < -0.39 is 11.7 Å². The molecule has 0 aliphatic carbocycles. The van der Waals surface area contributed by atoms with Crippen LogP contribution in [-0.4, -0.2) is 29.2 Å². The maximum atomic E-state index is 11.2. The summed E-state index contributed by atoms with van der Waals surface area (Å²) in [4.78, 5) is 11.2. The SMILES string of the molecule is CC[C@@H](C=NO)NC(=O)OC(C)(C)C. The second-order valence-electron chi connectivity index (χ2n) is 3.93. The third-order valence-electron chi connectivity index (χ3n) is 1.39. The number of amides is 1. The predicted octanol–water partition coefficient (Wildman–Crippen LogP) is 1.75. The van der Waals surface area contributed by atoms with E-state index in [0.29, 0.717) is 6.42 Å². The summed E-state index contributed by atoms with van der Waals surface area (Å²) < 4.78 is 5.02. The van der Waals surface area contributed by atoms with Gasteiger partial charge in [0, 0.05) is 0 Å². The third-order valence-corrected chi connectivity index (χ3v) is 1.39. The molecule has 1 amide bonds. The lowest BCUT2D eigenvalue weighted by Gasteiger charge is -2.21. The maximum absolute atomic E-state index is 11.2. The van der Waals surface area contributed by atoms with Crippen molar-refractivity contribution in [2.75, 3.05) is 0 Å². The Labute approximate surface area is 84.1 Å². The van der Waals surface area contributed by atoms with Gasteiger partial charge in [-0.1, -0.05) is 12.1 Å². The summed E-state index contributed by atoms with van der Waals surface area (Å²) in [6.07, 6.45) is 1.39. The Hall–Kier alpha value is -1.26. The van der Waals surface area contributed by atoms with E-state index in [-0.39, 0.29) is 6.04 Å². The highest BCUT2D eigenvalue weighted by molar-refractivity contribution is 5.75. The standard InChI is InChI=1S/C9H18N2O3/c1-5-7(6-10-13)11-8(12)14-9(2,3)4/h6-7,13H,5H2,1-4H3,(H,11,12)/t7-/m0/s1. The molecule has 1 atom stereocenters. The van der Waals surface area contributed by atoms with Gasteiger partial charge in [0.1, 0.15) is 5.60 Å². The number of nitrogens with one attached hydrogen (secondary N) is 1. The van der Waals surface area contributed by atoms with Crippen LogP contribution in [0.2, 0.25) is 0 Å². The number of oxime groups is 1. The number of nitrogens with zero attached hydrogens (tertiary/aromatic N) is 1. The zero-order valence-electron chi connectivity index (χ0n) is 9.07. The van der Waals surface area contributed by atoms with Gasteiger partial charge in [-0.25, -0.2) is 4.79 Å². The van der Waals surface area contributed by atoms with Crippen LogP contribution < -0.4 is 5.32 Å². The van der Waals surface area contributed by atoms with E-state index in [4.69, 9.17) is 9.94 Å². The minimum Gasteiger partial charge on any atom is -0.444 e. The predicted molar refractivity (Wildman–Crippen MR) is 53.7 cm³/mol. The lowest BCUT2D eigenvalue weighted by Crippen LogP contribution is -2.39. The van der Waals surface area contributed by atoms with E-state index in [1.54, 1.807) is 20.8 Å². The summed E-state index contributed by atoms with van der Waals surface area (Å²) in [5, 5.41) is 13.7. The normalized spacial score (nSPS) is 14.0. The van der Waals surface area contributed by atoms with Crippen molar-refractivity contribution in [3.05, 3.63) is 0 Å². The number of alkyl carbamates (subject to hydrolysis) is 1. The van der Waals surface area contributed by atoms with Gasteiger partial charge in [0.25, 0.3) is 0 Å². The zero-order chi connectivity index (χ0) is 11.2. The van der Waals surface area contributed by atoms with Crippen molar-refractivity contribution >= 4 is 12.3 Å². The van der Waals surface area contributed by atoms with Gasteiger partial charge < -0.3 is 15.3 Å². The molecule has 14 heavy (non-hydrogen) atoms. The van der Waals surface area contributed by atoms with Crippen molar-refractivity contribution in [2.45, 2.75) is 45.8 Å². The molecule has 0 aliphatic rings. The number of rotatable bonds is 3. The molecule has 0 aromatic rings. The summed E-state index contributed by atoms with van der Waals surface area (Å²) in [6.45, 7) is 7.22. The Kier molecular flexibility index (Phi) is 4.97. The van der Waals surface area contributed by atoms with Gasteiger partial charge in [-0.3, -0.25) is 0 Å². The molecule has 0 aromatic carbocycles. The molecule has 0 saturated heterocycles. The number of ether oxygens (including phenoxy) is 1. The van der Waals surface area contributed by atoms with Crippen LogP contribution in [0.5, 0.6) is 0 Å². The van der Waals surface area contributed by atoms with Crippen LogP contribution in [0.3, 0.4) is 0 Å². The molecule has 0 aromatic heterocycles. The van der Waals surface area contributed by atoms with E-state index in [0.717, 1.165) is 0 Å². The molecule has 0 radical (unpaired) electrons. The summed E-state index contributed by atoms with van der Waals surface area (Å²) >= 11 is 0. The highest BCUT2D eigenvalue weighted by atomic mass is 16.6. The highest BCUT2D eigenvalue weighted by Crippen LogP contribution is 2.06. The number of carbonyl (C=O) groups excluding carboxylic acids is 1. The summed E-state index contributed by atoms with van der Waals surface area (Å²) in [7, 11) is 0. The number of carbonyl (C=O) groups is 1. The largest absolute Gasteiger partial charge is 0.444 e. The molecule has 2 N–H and O–H groups in total. The molecule has 5 heteroatoms. The van der Waals surface area contributed by atoms with Crippen molar-refractivity contribution in [2.24, 2.45) is 5.16 Å². The molecule has 5 nitrogen and oxygen atoms in total. The van der Waals surface area contributed by atoms with Gasteiger partial charge >= 0.3 is 6.09 Å². The molecular weight excluding hydrogens is 184 g/mol. The van der Waals surface area contributed by atoms with E-state index in [9.17, 15) is 4.79 Å². The van der Waals surface area contributed by atoms with Crippen LogP contribution in [0.1, 0.15) is 34.1 Å². The van der Waals surface area contributed by atoms with Gasteiger partial charge in [-0.2, -0.15) is 0 Å². The molecule has 0 unspecified atom stereocenters. The lowest BCUT2D eigenvalue weighted by molar-refractivity contribution is 0.0518. The number of hydrogen-bond acceptors (Lipinski definition) is 4. The average molecular weight is 202 g/mol. The second kappa shape index (κ2) is 5.47. The molecule has 0 saturated carbocycles. The molecule has 0 fully saturated rings. The van der Waals surface area contributed by atoms with Crippen molar-refractivity contribution < 1.29 is 14.7 Å². The fourth-order valence-corrected chi connectivity index (χ4v) is 0.784. The Morgan fingerprint density at radius 3 is 2.57 bits per heavy atom. The Morgan fingerprint density at radius 1 is 1.64 bits per heavy atom. The van der Waals surface area contributed by atoms with Crippen molar-refractivity contribution in [1.29, 1.82) is 0 Å². The summed E-state index contributed by atoms with van der Waals surface area (Å²) in [6, 6.07) is -0.296. The fraction of sp³-hybridized carbons (Fsp3) is 0.778. The maximum Gasteiger partial charge on any atom is 0.408 e. The third kappa shape index (κ3) is 6.28. The first-order valence-electron chi connectivity index (χ1n) is 4.56. The average Bonchev–Trinajstić information content (AvgIpc) is 2.00. The van der Waals surface area contributed by atoms with E-state index in [1.807, 2.05) is 6.92 Å². The van der Waals surface area contributed by atoms with Gasteiger partial charge in [0.2, 0.25) is 0 Å². The van der Waals surface area contributed by atoms with Gasteiger partial charge in [-0.05, 0) is 27.2 Å². The Morgan fingerprint density at radius 2 is 2.21 bits per heavy atom. The first-order chi connectivity index (χ1) is 6.39. The smallest absolute Gasteiger partial charge is 0.408 e. The molecule has 0 aliphatic heterocycles. The summed E-state index contributed by atoms with van der Waals surface area (Å²) in [5.74, 6) is 0. The van der Waals surface area contributed by atoms with Crippen LogP contribution >= 0.6 is 0 Å². The van der Waals surface area contributed by atoms with Gasteiger partial charge in [0.05, 0.1) is 12.3 Å². The lowest BCUT2D eigenvalue weighted by atomic mass is 10.2. The number of hydrogen-bond donors (Lipinski definition) is 2. The molecular formula is C9H18N2O3. The van der Waals surface area contributed by atoms with Crippen molar-refractivity contribution in [3.63, 3.8) is 0 Å². The first kappa shape index (κ1) is 12.7. The topological polar surface area (TPSA) is 70.9 Å². The zero-order valence-corrected chi connectivity index (χ0v) is 9.07. The molecule has 0 spiro atoms. The fourth-order valence-electron chi connectivity index (χ4n) is 0.784. The van der Waals surface area contributed by atoms with Crippen LogP contribution in [0.15, 0.2) is 5.16 Å². The minimum absolute atomic E-state index is 0.296. The molecule has 0 heterocycles. The van der Waals surface area contributed by atoms with Crippen molar-refractivity contribution in [3.8, 4) is 0 Å². The Balaban J connectivity index is 4.04. The van der Waals surface area contributed by atoms with Crippen LogP contribution in [0.4, 0.5) is 4.79 Å². The van der Waals surface area contributed by atoms with Gasteiger partial charge in [0.15, 0.2) is 0 Å². The van der Waals surface area contributed by atoms with Gasteiger partial charge in [-0.15, -0.1) is 0 Å².